The number of hydrogen-bond donors (Lipinski definition) is 2. The van der Waals surface area contributed by atoms with E-state index < -0.39 is 15.9 Å². The van der Waals surface area contributed by atoms with Crippen LogP contribution in [-0.4, -0.2) is 19.3 Å². The van der Waals surface area contributed by atoms with Crippen LogP contribution >= 0.6 is 11.6 Å². The third-order valence-electron chi connectivity index (χ3n) is 2.44. The first-order valence-corrected chi connectivity index (χ1v) is 7.35. The van der Waals surface area contributed by atoms with Crippen molar-refractivity contribution in [2.24, 2.45) is 5.14 Å². The van der Waals surface area contributed by atoms with Gasteiger partial charge in [0, 0.05) is 11.9 Å². The van der Waals surface area contributed by atoms with Crippen LogP contribution in [0.2, 0.25) is 5.15 Å². The van der Waals surface area contributed by atoms with Crippen LogP contribution < -0.4 is 10.5 Å². The lowest BCUT2D eigenvalue weighted by molar-refractivity contribution is 0.102. The number of nitrogens with two attached hydrogens (primary N) is 1. The van der Waals surface area contributed by atoms with Crippen LogP contribution in [0.5, 0.6) is 0 Å². The highest BCUT2D eigenvalue weighted by Crippen LogP contribution is 2.16. The Morgan fingerprint density at radius 1 is 1.20 bits per heavy atom. The third-order valence-corrected chi connectivity index (χ3v) is 3.67. The quantitative estimate of drug-likeness (QED) is 0.841. The number of amides is 1. The van der Waals surface area contributed by atoms with Crippen molar-refractivity contribution in [2.45, 2.75) is 4.90 Å². The van der Waals surface area contributed by atoms with Crippen molar-refractivity contribution in [1.82, 2.24) is 4.98 Å². The second kappa shape index (κ2) is 5.58. The molecule has 20 heavy (non-hydrogen) atoms. The van der Waals surface area contributed by atoms with E-state index in [1.165, 1.54) is 36.5 Å². The van der Waals surface area contributed by atoms with Gasteiger partial charge in [0.1, 0.15) is 5.15 Å². The number of halogens is 1. The summed E-state index contributed by atoms with van der Waals surface area (Å²) in [7, 11) is -3.75. The fourth-order valence-electron chi connectivity index (χ4n) is 1.48. The van der Waals surface area contributed by atoms with Gasteiger partial charge in [0.2, 0.25) is 10.0 Å². The topological polar surface area (TPSA) is 102 Å². The van der Waals surface area contributed by atoms with Crippen molar-refractivity contribution in [3.05, 3.63) is 53.3 Å². The van der Waals surface area contributed by atoms with Gasteiger partial charge in [0.25, 0.3) is 5.91 Å². The van der Waals surface area contributed by atoms with E-state index in [0.29, 0.717) is 5.69 Å². The average molecular weight is 312 g/mol. The van der Waals surface area contributed by atoms with E-state index in [1.807, 2.05) is 0 Å². The Kier molecular flexibility index (Phi) is 4.03. The zero-order chi connectivity index (χ0) is 14.8. The summed E-state index contributed by atoms with van der Waals surface area (Å²) >= 11 is 5.80. The molecule has 2 rings (SSSR count). The molecule has 0 aliphatic rings. The first-order valence-electron chi connectivity index (χ1n) is 5.42. The molecule has 0 bridgehead atoms. The van der Waals surface area contributed by atoms with Crippen LogP contribution in [-0.2, 0) is 10.0 Å². The molecule has 1 aromatic carbocycles. The fourth-order valence-corrected chi connectivity index (χ4v) is 2.20. The van der Waals surface area contributed by atoms with Gasteiger partial charge >= 0.3 is 0 Å². The molecular formula is C12H10ClN3O3S. The molecule has 0 radical (unpaired) electrons. The highest BCUT2D eigenvalue weighted by Gasteiger charge is 2.12. The van der Waals surface area contributed by atoms with Gasteiger partial charge in [-0.3, -0.25) is 4.79 Å². The summed E-state index contributed by atoms with van der Waals surface area (Å²) in [6.07, 6.45) is 1.47. The number of anilines is 1. The van der Waals surface area contributed by atoms with Gasteiger partial charge in [0.05, 0.1) is 10.5 Å². The molecule has 2 aromatic rings. The Bertz CT molecular complexity index is 745. The number of pyridine rings is 1. The molecule has 0 unspecified atom stereocenters. The Morgan fingerprint density at radius 3 is 2.40 bits per heavy atom. The molecule has 0 aliphatic carbocycles. The summed E-state index contributed by atoms with van der Waals surface area (Å²) in [5.74, 6) is -0.438. The van der Waals surface area contributed by atoms with Crippen LogP contribution in [0.3, 0.4) is 0 Å². The van der Waals surface area contributed by atoms with Crippen molar-refractivity contribution in [2.75, 3.05) is 5.32 Å². The van der Waals surface area contributed by atoms with Gasteiger partial charge in [-0.15, -0.1) is 0 Å². The van der Waals surface area contributed by atoms with Gasteiger partial charge in [-0.2, -0.15) is 0 Å². The molecule has 1 amide bonds. The minimum atomic E-state index is -3.75. The van der Waals surface area contributed by atoms with E-state index >= 15 is 0 Å². The predicted octanol–water partition coefficient (Wildman–Crippen LogP) is 1.63. The van der Waals surface area contributed by atoms with E-state index in [9.17, 15) is 13.2 Å². The Balaban J connectivity index is 2.19. The number of carbonyl (C=O) groups is 1. The van der Waals surface area contributed by atoms with Crippen LogP contribution in [0.15, 0.2) is 47.5 Å². The maximum atomic E-state index is 11.9. The molecule has 0 saturated heterocycles. The van der Waals surface area contributed by atoms with Crippen LogP contribution in [0.4, 0.5) is 5.69 Å². The van der Waals surface area contributed by atoms with Gasteiger partial charge in [-0.25, -0.2) is 18.5 Å². The molecule has 0 aliphatic heterocycles. The second-order valence-electron chi connectivity index (χ2n) is 3.87. The maximum Gasteiger partial charge on any atom is 0.258 e. The summed E-state index contributed by atoms with van der Waals surface area (Å²) in [6.45, 7) is 0. The SMILES string of the molecule is NS(=O)(=O)c1ccc(NC(=O)c2cccnc2Cl)cc1. The van der Waals surface area contributed by atoms with Gasteiger partial charge in [-0.1, -0.05) is 11.6 Å². The number of hydrogen-bond acceptors (Lipinski definition) is 4. The lowest BCUT2D eigenvalue weighted by Crippen LogP contribution is -2.14. The number of rotatable bonds is 3. The molecular weight excluding hydrogens is 302 g/mol. The lowest BCUT2D eigenvalue weighted by Gasteiger charge is -2.06. The molecule has 0 saturated carbocycles. The number of sulfonamides is 1. The molecule has 0 spiro atoms. The number of aromatic nitrogens is 1. The number of benzene rings is 1. The van der Waals surface area contributed by atoms with E-state index in [4.69, 9.17) is 16.7 Å². The molecule has 104 valence electrons. The van der Waals surface area contributed by atoms with E-state index in [2.05, 4.69) is 10.3 Å². The predicted molar refractivity (Wildman–Crippen MR) is 75.0 cm³/mol. The van der Waals surface area contributed by atoms with Crippen molar-refractivity contribution in [3.63, 3.8) is 0 Å². The van der Waals surface area contributed by atoms with Crippen LogP contribution in [0, 0.1) is 0 Å². The zero-order valence-corrected chi connectivity index (χ0v) is 11.6. The Labute approximate surface area is 120 Å². The van der Waals surface area contributed by atoms with Crippen molar-refractivity contribution >= 4 is 33.2 Å². The second-order valence-corrected chi connectivity index (χ2v) is 5.78. The first kappa shape index (κ1) is 14.4. The minimum Gasteiger partial charge on any atom is -0.322 e. The highest BCUT2D eigenvalue weighted by atomic mass is 35.5. The third kappa shape index (κ3) is 3.32. The number of nitrogens with one attached hydrogen (secondary N) is 1. The largest absolute Gasteiger partial charge is 0.322 e. The summed E-state index contributed by atoms with van der Waals surface area (Å²) < 4.78 is 22.2. The fraction of sp³-hybridized carbons (Fsp3) is 0. The maximum absolute atomic E-state index is 11.9. The molecule has 8 heteroatoms. The number of carbonyl (C=O) groups excluding carboxylic acids is 1. The van der Waals surface area contributed by atoms with E-state index in [1.54, 1.807) is 6.07 Å². The minimum absolute atomic E-state index is 0.0325. The smallest absolute Gasteiger partial charge is 0.258 e. The molecule has 1 heterocycles. The lowest BCUT2D eigenvalue weighted by atomic mass is 10.2. The average Bonchev–Trinajstić information content (AvgIpc) is 2.38. The van der Waals surface area contributed by atoms with Crippen molar-refractivity contribution in [3.8, 4) is 0 Å². The van der Waals surface area contributed by atoms with Gasteiger partial charge in [0.15, 0.2) is 0 Å². The summed E-state index contributed by atoms with van der Waals surface area (Å²) in [5.41, 5.74) is 0.645. The normalized spacial score (nSPS) is 11.1. The number of primary sulfonamides is 1. The molecule has 6 nitrogen and oxygen atoms in total. The van der Waals surface area contributed by atoms with Crippen LogP contribution in [0.25, 0.3) is 0 Å². The van der Waals surface area contributed by atoms with Crippen LogP contribution in [0.1, 0.15) is 10.4 Å². The molecule has 0 fully saturated rings. The van der Waals surface area contributed by atoms with Gasteiger partial charge < -0.3 is 5.32 Å². The number of nitrogens with zero attached hydrogens (tertiary/aromatic N) is 1. The van der Waals surface area contributed by atoms with E-state index in [-0.39, 0.29) is 15.6 Å². The Hall–Kier alpha value is -1.96. The van der Waals surface area contributed by atoms with Gasteiger partial charge in [-0.05, 0) is 36.4 Å². The first-order chi connectivity index (χ1) is 9.38. The van der Waals surface area contributed by atoms with E-state index in [0.717, 1.165) is 0 Å². The zero-order valence-electron chi connectivity index (χ0n) is 10.1. The standard InChI is InChI=1S/C12H10ClN3O3S/c13-11-10(2-1-7-15-11)12(17)16-8-3-5-9(6-4-8)20(14,18)19/h1-7H,(H,16,17)(H2,14,18,19). The van der Waals surface area contributed by atoms with Crippen molar-refractivity contribution < 1.29 is 13.2 Å². The monoisotopic (exact) mass is 311 g/mol. The highest BCUT2D eigenvalue weighted by molar-refractivity contribution is 7.89. The summed E-state index contributed by atoms with van der Waals surface area (Å²) in [4.78, 5) is 15.7. The summed E-state index contributed by atoms with van der Waals surface area (Å²) in [6, 6.07) is 8.59. The molecule has 0 atom stereocenters. The molecule has 1 aromatic heterocycles. The van der Waals surface area contributed by atoms with Crippen molar-refractivity contribution in [1.29, 1.82) is 0 Å². The Morgan fingerprint density at radius 2 is 1.85 bits per heavy atom. The molecule has 3 N–H and O–H groups in total. The summed E-state index contributed by atoms with van der Waals surface area (Å²) in [5, 5.41) is 7.65.